The first-order chi connectivity index (χ1) is 8.74. The largest absolute Gasteiger partial charge is 0.378 e. The van der Waals surface area contributed by atoms with E-state index in [0.717, 1.165) is 12.5 Å². The molecule has 0 aromatic rings. The van der Waals surface area contributed by atoms with Crippen LogP contribution in [0.4, 0.5) is 0 Å². The Morgan fingerprint density at radius 3 is 2.94 bits per heavy atom. The number of nitrogens with zero attached hydrogens (tertiary/aromatic N) is 1. The Balaban J connectivity index is 1.72. The van der Waals surface area contributed by atoms with Crippen LogP contribution in [-0.2, 0) is 4.74 Å². The van der Waals surface area contributed by atoms with E-state index >= 15 is 0 Å². The minimum Gasteiger partial charge on any atom is -0.378 e. The number of hydrogen-bond donors (Lipinski definition) is 1. The summed E-state index contributed by atoms with van der Waals surface area (Å²) in [6, 6.07) is 0.692. The summed E-state index contributed by atoms with van der Waals surface area (Å²) in [6.45, 7) is 10.5. The van der Waals surface area contributed by atoms with E-state index in [1.54, 1.807) is 0 Å². The first kappa shape index (κ1) is 14.3. The second-order valence-electron chi connectivity index (χ2n) is 6.36. The molecule has 1 N–H and O–H groups in total. The molecule has 2 unspecified atom stereocenters. The van der Waals surface area contributed by atoms with Crippen LogP contribution in [-0.4, -0.2) is 49.8 Å². The summed E-state index contributed by atoms with van der Waals surface area (Å²) in [5, 5.41) is 3.70. The van der Waals surface area contributed by atoms with E-state index < -0.39 is 0 Å². The normalized spacial score (nSPS) is 30.8. The molecule has 18 heavy (non-hydrogen) atoms. The molecule has 2 saturated heterocycles. The zero-order valence-electron chi connectivity index (χ0n) is 12.2. The lowest BCUT2D eigenvalue weighted by Crippen LogP contribution is -2.39. The van der Waals surface area contributed by atoms with E-state index in [0.29, 0.717) is 12.1 Å². The molecule has 0 aliphatic carbocycles. The van der Waals surface area contributed by atoms with Gasteiger partial charge in [-0.3, -0.25) is 0 Å². The van der Waals surface area contributed by atoms with Crippen LogP contribution in [0.3, 0.4) is 0 Å². The average molecular weight is 254 g/mol. The maximum Gasteiger partial charge on any atom is 0.0588 e. The van der Waals surface area contributed by atoms with Gasteiger partial charge < -0.3 is 15.0 Å². The molecule has 0 bridgehead atoms. The monoisotopic (exact) mass is 254 g/mol. The van der Waals surface area contributed by atoms with Crippen LogP contribution >= 0.6 is 0 Å². The lowest BCUT2D eigenvalue weighted by Gasteiger charge is -2.26. The van der Waals surface area contributed by atoms with E-state index in [1.807, 2.05) is 0 Å². The summed E-state index contributed by atoms with van der Waals surface area (Å²) in [5.74, 6) is 0.792. The second-order valence-corrected chi connectivity index (χ2v) is 6.36. The summed E-state index contributed by atoms with van der Waals surface area (Å²) in [6.07, 6.45) is 6.92. The van der Waals surface area contributed by atoms with Crippen molar-refractivity contribution in [3.63, 3.8) is 0 Å². The number of hydrogen-bond acceptors (Lipinski definition) is 3. The fourth-order valence-electron chi connectivity index (χ4n) is 3.20. The first-order valence-electron chi connectivity index (χ1n) is 7.81. The fourth-order valence-corrected chi connectivity index (χ4v) is 3.20. The molecule has 3 nitrogen and oxygen atoms in total. The van der Waals surface area contributed by atoms with Crippen LogP contribution in [0.1, 0.15) is 46.0 Å². The molecule has 2 aliphatic rings. The highest BCUT2D eigenvalue weighted by Crippen LogP contribution is 2.17. The van der Waals surface area contributed by atoms with Crippen molar-refractivity contribution in [3.8, 4) is 0 Å². The zero-order chi connectivity index (χ0) is 12.8. The van der Waals surface area contributed by atoms with E-state index in [1.165, 1.54) is 58.3 Å². The van der Waals surface area contributed by atoms with Gasteiger partial charge in [-0.15, -0.1) is 0 Å². The molecular weight excluding hydrogens is 224 g/mol. The van der Waals surface area contributed by atoms with Crippen LogP contribution in [0.15, 0.2) is 0 Å². The molecule has 0 aromatic heterocycles. The van der Waals surface area contributed by atoms with Crippen LogP contribution < -0.4 is 5.32 Å². The van der Waals surface area contributed by atoms with Crippen LogP contribution in [0.25, 0.3) is 0 Å². The highest BCUT2D eigenvalue weighted by Gasteiger charge is 2.21. The fraction of sp³-hybridized carbons (Fsp3) is 1.00. The third kappa shape index (κ3) is 4.87. The zero-order valence-corrected chi connectivity index (χ0v) is 12.2. The molecular formula is C15H30N2O. The van der Waals surface area contributed by atoms with Gasteiger partial charge in [0.1, 0.15) is 0 Å². The minimum atomic E-state index is 0.546. The van der Waals surface area contributed by atoms with E-state index in [-0.39, 0.29) is 0 Å². The molecule has 2 heterocycles. The van der Waals surface area contributed by atoms with Gasteiger partial charge in [0.15, 0.2) is 0 Å². The second kappa shape index (κ2) is 7.46. The van der Waals surface area contributed by atoms with Gasteiger partial charge >= 0.3 is 0 Å². The molecule has 0 spiro atoms. The quantitative estimate of drug-likeness (QED) is 0.814. The average Bonchev–Trinajstić information content (AvgIpc) is 2.74. The molecule has 2 fully saturated rings. The molecule has 106 valence electrons. The summed E-state index contributed by atoms with van der Waals surface area (Å²) >= 11 is 0. The maximum atomic E-state index is 5.72. The van der Waals surface area contributed by atoms with Gasteiger partial charge in [0.25, 0.3) is 0 Å². The van der Waals surface area contributed by atoms with Crippen molar-refractivity contribution in [2.24, 2.45) is 5.92 Å². The van der Waals surface area contributed by atoms with Gasteiger partial charge in [0.05, 0.1) is 6.10 Å². The molecule has 3 heteroatoms. The summed E-state index contributed by atoms with van der Waals surface area (Å²) < 4.78 is 5.72. The van der Waals surface area contributed by atoms with Gasteiger partial charge in [-0.25, -0.2) is 0 Å². The SMILES string of the molecule is CC(C)CC1CN(CCC2CCCO2)CCCN1. The van der Waals surface area contributed by atoms with Crippen molar-refractivity contribution in [2.75, 3.05) is 32.8 Å². The van der Waals surface area contributed by atoms with Crippen LogP contribution in [0.5, 0.6) is 0 Å². The first-order valence-corrected chi connectivity index (χ1v) is 7.81. The molecule has 2 rings (SSSR count). The van der Waals surface area contributed by atoms with Crippen LogP contribution in [0.2, 0.25) is 0 Å². The van der Waals surface area contributed by atoms with Gasteiger partial charge in [-0.05, 0) is 51.1 Å². The van der Waals surface area contributed by atoms with Crippen LogP contribution in [0, 0.1) is 5.92 Å². The predicted octanol–water partition coefficient (Wildman–Crippen LogP) is 2.27. The maximum absolute atomic E-state index is 5.72. The third-order valence-corrected chi connectivity index (χ3v) is 4.11. The highest BCUT2D eigenvalue weighted by atomic mass is 16.5. The standard InChI is InChI=1S/C15H30N2O/c1-13(2)11-14-12-17(8-4-7-16-14)9-6-15-5-3-10-18-15/h13-16H,3-12H2,1-2H3. The molecule has 0 aromatic carbocycles. The molecule has 0 radical (unpaired) electrons. The van der Waals surface area contributed by atoms with Gasteiger partial charge in [0, 0.05) is 25.7 Å². The van der Waals surface area contributed by atoms with Crippen molar-refractivity contribution in [3.05, 3.63) is 0 Å². The Morgan fingerprint density at radius 1 is 1.33 bits per heavy atom. The number of nitrogens with one attached hydrogen (secondary N) is 1. The smallest absolute Gasteiger partial charge is 0.0588 e. The summed E-state index contributed by atoms with van der Waals surface area (Å²) in [5.41, 5.74) is 0. The van der Waals surface area contributed by atoms with Crippen molar-refractivity contribution >= 4 is 0 Å². The van der Waals surface area contributed by atoms with Gasteiger partial charge in [-0.1, -0.05) is 13.8 Å². The minimum absolute atomic E-state index is 0.546. The molecule has 2 aliphatic heterocycles. The summed E-state index contributed by atoms with van der Waals surface area (Å²) in [4.78, 5) is 2.65. The molecule has 0 saturated carbocycles. The van der Waals surface area contributed by atoms with Crippen molar-refractivity contribution in [2.45, 2.75) is 58.1 Å². The van der Waals surface area contributed by atoms with Gasteiger partial charge in [0.2, 0.25) is 0 Å². The Morgan fingerprint density at radius 2 is 2.22 bits per heavy atom. The lowest BCUT2D eigenvalue weighted by molar-refractivity contribution is 0.0913. The number of rotatable bonds is 5. The van der Waals surface area contributed by atoms with Gasteiger partial charge in [-0.2, -0.15) is 0 Å². The lowest BCUT2D eigenvalue weighted by atomic mass is 10.0. The van der Waals surface area contributed by atoms with Crippen molar-refractivity contribution in [1.29, 1.82) is 0 Å². The van der Waals surface area contributed by atoms with E-state index in [4.69, 9.17) is 4.74 Å². The predicted molar refractivity (Wildman–Crippen MR) is 75.9 cm³/mol. The van der Waals surface area contributed by atoms with Crippen molar-refractivity contribution < 1.29 is 4.74 Å². The van der Waals surface area contributed by atoms with E-state index in [9.17, 15) is 0 Å². The topological polar surface area (TPSA) is 24.5 Å². The highest BCUT2D eigenvalue weighted by molar-refractivity contribution is 4.78. The van der Waals surface area contributed by atoms with E-state index in [2.05, 4.69) is 24.1 Å². The summed E-state index contributed by atoms with van der Waals surface area (Å²) in [7, 11) is 0. The molecule has 0 amide bonds. The molecule has 2 atom stereocenters. The Hall–Kier alpha value is -0.120. The Bertz CT molecular complexity index is 227. The third-order valence-electron chi connectivity index (χ3n) is 4.11. The van der Waals surface area contributed by atoms with Crippen molar-refractivity contribution in [1.82, 2.24) is 10.2 Å². The Labute approximate surface area is 112 Å². The number of ether oxygens (including phenoxy) is 1. The Kier molecular flexibility index (Phi) is 5.93.